The molecule has 2 N–H and O–H groups in total. The summed E-state index contributed by atoms with van der Waals surface area (Å²) >= 11 is 0. The fraction of sp³-hybridized carbons (Fsp3) is 0.500. The van der Waals surface area contributed by atoms with E-state index in [0.29, 0.717) is 42.8 Å². The molecular formula is C20H26F2N2O3. The minimum Gasteiger partial charge on any atom is -0.481 e. The zero-order valence-corrected chi connectivity index (χ0v) is 15.7. The lowest BCUT2D eigenvalue weighted by atomic mass is 9.79. The summed E-state index contributed by atoms with van der Waals surface area (Å²) in [5.74, 6) is -3.03. The largest absolute Gasteiger partial charge is 0.481 e. The predicted octanol–water partition coefficient (Wildman–Crippen LogP) is 4.05. The zero-order valence-electron chi connectivity index (χ0n) is 15.7. The summed E-state index contributed by atoms with van der Waals surface area (Å²) in [4.78, 5) is 16.0. The van der Waals surface area contributed by atoms with E-state index in [1.54, 1.807) is 6.07 Å². The SMILES string of the molecule is C=C(CO)C(=O)Nc1cnc(OC)c(/C=C/C2CCC(C(C)(F)F)CC2)c1. The van der Waals surface area contributed by atoms with Crippen LogP contribution in [0.1, 0.15) is 38.2 Å². The van der Waals surface area contributed by atoms with Crippen LogP contribution in [0, 0.1) is 11.8 Å². The molecule has 0 spiro atoms. The standard InChI is InChI=1S/C20H26F2N2O3/c1-13(12-25)18(26)24-17-10-15(19(27-3)23-11-17)7-4-14-5-8-16(9-6-14)20(2,21)22/h4,7,10-11,14,16,25H,1,5-6,8-9,12H2,2-3H3,(H,24,26)/b7-4+. The van der Waals surface area contributed by atoms with Gasteiger partial charge in [-0.1, -0.05) is 18.7 Å². The van der Waals surface area contributed by atoms with Crippen LogP contribution in [0.4, 0.5) is 14.5 Å². The second kappa shape index (κ2) is 9.08. The van der Waals surface area contributed by atoms with Gasteiger partial charge in [0.05, 0.1) is 25.6 Å². The van der Waals surface area contributed by atoms with Crippen molar-refractivity contribution in [2.45, 2.75) is 38.5 Å². The van der Waals surface area contributed by atoms with Crippen LogP contribution in [0.15, 0.2) is 30.5 Å². The number of aliphatic hydroxyl groups excluding tert-OH is 1. The smallest absolute Gasteiger partial charge is 0.253 e. The van der Waals surface area contributed by atoms with E-state index in [1.807, 2.05) is 12.2 Å². The van der Waals surface area contributed by atoms with Crippen molar-refractivity contribution in [2.75, 3.05) is 19.0 Å². The van der Waals surface area contributed by atoms with Crippen LogP contribution in [0.2, 0.25) is 0 Å². The van der Waals surface area contributed by atoms with Gasteiger partial charge in [-0.05, 0) is 44.6 Å². The molecule has 1 aromatic heterocycles. The summed E-state index contributed by atoms with van der Waals surface area (Å²) < 4.78 is 32.1. The number of pyridine rings is 1. The molecule has 2 rings (SSSR count). The summed E-state index contributed by atoms with van der Waals surface area (Å²) in [6.07, 6.45) is 7.73. The van der Waals surface area contributed by atoms with Crippen molar-refractivity contribution < 1.29 is 23.4 Å². The van der Waals surface area contributed by atoms with Gasteiger partial charge in [0, 0.05) is 17.1 Å². The zero-order chi connectivity index (χ0) is 20.0. The van der Waals surface area contributed by atoms with Gasteiger partial charge in [-0.15, -0.1) is 0 Å². The van der Waals surface area contributed by atoms with Crippen molar-refractivity contribution in [3.05, 3.63) is 36.1 Å². The number of rotatable bonds is 7. The van der Waals surface area contributed by atoms with Crippen LogP contribution in [0.3, 0.4) is 0 Å². The van der Waals surface area contributed by atoms with Gasteiger partial charge >= 0.3 is 0 Å². The molecule has 0 radical (unpaired) electrons. The molecule has 1 heterocycles. The Morgan fingerprint density at radius 1 is 1.44 bits per heavy atom. The number of hydrogen-bond acceptors (Lipinski definition) is 4. The van der Waals surface area contributed by atoms with Crippen LogP contribution < -0.4 is 10.1 Å². The van der Waals surface area contributed by atoms with E-state index >= 15 is 0 Å². The summed E-state index contributed by atoms with van der Waals surface area (Å²) in [6, 6.07) is 1.71. The highest BCUT2D eigenvalue weighted by atomic mass is 19.3. The van der Waals surface area contributed by atoms with E-state index in [0.717, 1.165) is 6.92 Å². The monoisotopic (exact) mass is 380 g/mol. The van der Waals surface area contributed by atoms with Gasteiger partial charge in [-0.25, -0.2) is 13.8 Å². The molecule has 1 amide bonds. The fourth-order valence-corrected chi connectivity index (χ4v) is 3.18. The highest BCUT2D eigenvalue weighted by Gasteiger charge is 2.36. The van der Waals surface area contributed by atoms with Crippen molar-refractivity contribution in [1.29, 1.82) is 0 Å². The van der Waals surface area contributed by atoms with Gasteiger partial charge in [0.25, 0.3) is 5.91 Å². The molecule has 1 aromatic rings. The first-order chi connectivity index (χ1) is 12.7. The Labute approximate surface area is 158 Å². The van der Waals surface area contributed by atoms with Gasteiger partial charge in [0.15, 0.2) is 0 Å². The lowest BCUT2D eigenvalue weighted by molar-refractivity contribution is -0.113. The quantitative estimate of drug-likeness (QED) is 0.700. The number of aromatic nitrogens is 1. The Morgan fingerprint density at radius 2 is 2.11 bits per heavy atom. The third-order valence-electron chi connectivity index (χ3n) is 4.88. The Kier molecular flexibility index (Phi) is 7.07. The van der Waals surface area contributed by atoms with Gasteiger partial charge in [-0.3, -0.25) is 4.79 Å². The van der Waals surface area contributed by atoms with Gasteiger partial charge in [0.2, 0.25) is 11.8 Å². The minimum atomic E-state index is -2.62. The molecule has 1 fully saturated rings. The van der Waals surface area contributed by atoms with Crippen molar-refractivity contribution >= 4 is 17.7 Å². The second-order valence-electron chi connectivity index (χ2n) is 6.97. The first kappa shape index (κ1) is 21.0. The molecule has 0 unspecified atom stereocenters. The maximum absolute atomic E-state index is 13.4. The molecule has 0 bridgehead atoms. The summed E-state index contributed by atoms with van der Waals surface area (Å²) in [5, 5.41) is 11.6. The number of aliphatic hydroxyl groups is 1. The highest BCUT2D eigenvalue weighted by Crippen LogP contribution is 2.39. The number of amides is 1. The normalized spacial score (nSPS) is 20.5. The predicted molar refractivity (Wildman–Crippen MR) is 101 cm³/mol. The van der Waals surface area contributed by atoms with Gasteiger partial charge in [0.1, 0.15) is 0 Å². The Bertz CT molecular complexity index is 706. The average Bonchev–Trinajstić information content (AvgIpc) is 2.65. The lowest BCUT2D eigenvalue weighted by Gasteiger charge is -2.30. The summed E-state index contributed by atoms with van der Waals surface area (Å²) in [6.45, 7) is 4.04. The van der Waals surface area contributed by atoms with E-state index in [-0.39, 0.29) is 11.5 Å². The number of nitrogens with one attached hydrogen (secondary N) is 1. The molecule has 0 aliphatic heterocycles. The molecule has 27 heavy (non-hydrogen) atoms. The maximum atomic E-state index is 13.4. The molecule has 0 atom stereocenters. The van der Waals surface area contributed by atoms with E-state index in [2.05, 4.69) is 16.9 Å². The molecular weight excluding hydrogens is 354 g/mol. The second-order valence-corrected chi connectivity index (χ2v) is 6.97. The molecule has 0 aromatic carbocycles. The minimum absolute atomic E-state index is 0.0485. The van der Waals surface area contributed by atoms with Crippen LogP contribution >= 0.6 is 0 Å². The molecule has 1 aliphatic rings. The Hall–Kier alpha value is -2.28. The molecule has 5 nitrogen and oxygen atoms in total. The first-order valence-electron chi connectivity index (χ1n) is 8.94. The number of alkyl halides is 2. The third-order valence-corrected chi connectivity index (χ3v) is 4.88. The number of anilines is 1. The fourth-order valence-electron chi connectivity index (χ4n) is 3.18. The van der Waals surface area contributed by atoms with Crippen molar-refractivity contribution in [3.8, 4) is 5.88 Å². The average molecular weight is 380 g/mol. The number of allylic oxidation sites excluding steroid dienone is 1. The maximum Gasteiger partial charge on any atom is 0.253 e. The molecule has 1 aliphatic carbocycles. The van der Waals surface area contributed by atoms with Gasteiger partial charge < -0.3 is 15.2 Å². The van der Waals surface area contributed by atoms with Crippen LogP contribution in [0.5, 0.6) is 5.88 Å². The summed E-state index contributed by atoms with van der Waals surface area (Å²) in [7, 11) is 1.50. The number of methoxy groups -OCH3 is 1. The van der Waals surface area contributed by atoms with E-state index in [1.165, 1.54) is 13.3 Å². The Balaban J connectivity index is 2.06. The number of halogens is 2. The van der Waals surface area contributed by atoms with E-state index < -0.39 is 24.4 Å². The molecule has 148 valence electrons. The van der Waals surface area contributed by atoms with Crippen molar-refractivity contribution in [2.24, 2.45) is 11.8 Å². The van der Waals surface area contributed by atoms with Crippen LogP contribution in [-0.4, -0.2) is 35.6 Å². The van der Waals surface area contributed by atoms with Crippen molar-refractivity contribution in [1.82, 2.24) is 4.98 Å². The summed E-state index contributed by atoms with van der Waals surface area (Å²) in [5.41, 5.74) is 1.17. The van der Waals surface area contributed by atoms with Gasteiger partial charge in [-0.2, -0.15) is 0 Å². The number of nitrogens with zero attached hydrogens (tertiary/aromatic N) is 1. The van der Waals surface area contributed by atoms with Crippen LogP contribution in [0.25, 0.3) is 6.08 Å². The van der Waals surface area contributed by atoms with E-state index in [4.69, 9.17) is 9.84 Å². The lowest BCUT2D eigenvalue weighted by Crippen LogP contribution is -2.28. The van der Waals surface area contributed by atoms with Crippen LogP contribution in [-0.2, 0) is 4.79 Å². The van der Waals surface area contributed by atoms with E-state index in [9.17, 15) is 13.6 Å². The Morgan fingerprint density at radius 3 is 2.67 bits per heavy atom. The molecule has 7 heteroatoms. The highest BCUT2D eigenvalue weighted by molar-refractivity contribution is 6.03. The molecule has 0 saturated heterocycles. The number of carbonyl (C=O) groups excluding carboxylic acids is 1. The number of carbonyl (C=O) groups is 1. The number of ether oxygens (including phenoxy) is 1. The molecule has 1 saturated carbocycles. The first-order valence-corrected chi connectivity index (χ1v) is 8.94. The number of hydrogen-bond donors (Lipinski definition) is 2. The third kappa shape index (κ3) is 5.85. The topological polar surface area (TPSA) is 71.5 Å². The van der Waals surface area contributed by atoms with Crippen molar-refractivity contribution in [3.63, 3.8) is 0 Å².